The number of fused-ring (bicyclic) bond motifs is 1. The molecule has 0 spiro atoms. The molecule has 0 fully saturated rings. The van der Waals surface area contributed by atoms with Gasteiger partial charge in [-0.2, -0.15) is 0 Å². The molecule has 1 aromatic rings. The van der Waals surface area contributed by atoms with Crippen LogP contribution in [0.5, 0.6) is 0 Å². The normalized spacial score (nSPS) is 23.0. The minimum atomic E-state index is 0.131. The molecule has 0 radical (unpaired) electrons. The van der Waals surface area contributed by atoms with Crippen LogP contribution in [0.4, 0.5) is 0 Å². The Balaban J connectivity index is 1.90. The van der Waals surface area contributed by atoms with Gasteiger partial charge in [-0.05, 0) is 36.9 Å². The topological polar surface area (TPSA) is 29.3 Å². The summed E-state index contributed by atoms with van der Waals surface area (Å²) >= 11 is 16.5. The Labute approximate surface area is 143 Å². The molecule has 2 atom stereocenters. The number of thioether (sulfide) groups is 1. The number of rotatable bonds is 4. The van der Waals surface area contributed by atoms with Crippen molar-refractivity contribution in [3.63, 3.8) is 0 Å². The molecule has 3 heterocycles. The number of nitrogens with zero attached hydrogens (tertiary/aromatic N) is 1. The molecule has 0 aliphatic carbocycles. The maximum absolute atomic E-state index is 6.63. The second-order valence-electron chi connectivity index (χ2n) is 5.20. The van der Waals surface area contributed by atoms with E-state index < -0.39 is 0 Å². The number of nitrogens with two attached hydrogens (primary N) is 1. The van der Waals surface area contributed by atoms with Crippen LogP contribution in [-0.4, -0.2) is 16.2 Å². The fraction of sp³-hybridized carbons (Fsp3) is 0.333. The van der Waals surface area contributed by atoms with Crippen LogP contribution in [0.15, 0.2) is 50.5 Å². The molecule has 3 rings (SSSR count). The van der Waals surface area contributed by atoms with Gasteiger partial charge in [-0.15, -0.1) is 23.1 Å². The molecule has 2 N–H and O–H groups in total. The van der Waals surface area contributed by atoms with Gasteiger partial charge in [0, 0.05) is 21.1 Å². The van der Waals surface area contributed by atoms with Crippen molar-refractivity contribution >= 4 is 46.3 Å². The first-order chi connectivity index (χ1) is 10.1. The van der Waals surface area contributed by atoms with Crippen LogP contribution in [0.25, 0.3) is 0 Å². The fourth-order valence-electron chi connectivity index (χ4n) is 2.45. The standard InChI is InChI=1S/C15H16Cl2N2S2/c1-9(18)7-12-14(17)15-11(21-12)4-5-13(16)19(15)8-10-3-2-6-20-10/h2-6,9,12H,7-8,18H2,1H3/t9-,12?/m0/s1. The first kappa shape index (κ1) is 15.5. The smallest absolute Gasteiger partial charge is 0.109 e. The van der Waals surface area contributed by atoms with Crippen LogP contribution in [0, 0.1) is 0 Å². The van der Waals surface area contributed by atoms with Crippen LogP contribution in [0.2, 0.25) is 0 Å². The minimum Gasteiger partial charge on any atom is -0.328 e. The van der Waals surface area contributed by atoms with E-state index in [0.29, 0.717) is 5.16 Å². The van der Waals surface area contributed by atoms with E-state index in [4.69, 9.17) is 28.9 Å². The van der Waals surface area contributed by atoms with E-state index in [1.165, 1.54) is 9.78 Å². The molecular formula is C15H16Cl2N2S2. The van der Waals surface area contributed by atoms with Crippen molar-refractivity contribution in [2.45, 2.75) is 31.2 Å². The Hall–Kier alpha value is -0.390. The highest BCUT2D eigenvalue weighted by Gasteiger charge is 2.35. The maximum Gasteiger partial charge on any atom is 0.109 e. The molecule has 1 aromatic heterocycles. The zero-order valence-corrected chi connectivity index (χ0v) is 14.7. The van der Waals surface area contributed by atoms with Crippen LogP contribution in [0.3, 0.4) is 0 Å². The maximum atomic E-state index is 6.63. The molecular weight excluding hydrogens is 343 g/mol. The third-order valence-corrected chi connectivity index (χ3v) is 6.45. The summed E-state index contributed by atoms with van der Waals surface area (Å²) in [6.45, 7) is 2.77. The summed E-state index contributed by atoms with van der Waals surface area (Å²) in [5.41, 5.74) is 6.98. The average Bonchev–Trinajstić information content (AvgIpc) is 3.02. The van der Waals surface area contributed by atoms with Gasteiger partial charge in [0.15, 0.2) is 0 Å². The molecule has 0 saturated carbocycles. The molecule has 1 unspecified atom stereocenters. The summed E-state index contributed by atoms with van der Waals surface area (Å²) in [6.07, 6.45) is 4.87. The Bertz CT molecular complexity index is 618. The second-order valence-corrected chi connectivity index (χ2v) is 8.27. The van der Waals surface area contributed by atoms with E-state index >= 15 is 0 Å². The van der Waals surface area contributed by atoms with E-state index in [1.54, 1.807) is 23.1 Å². The lowest BCUT2D eigenvalue weighted by Gasteiger charge is -2.28. The van der Waals surface area contributed by atoms with E-state index in [0.717, 1.165) is 23.7 Å². The molecule has 0 aromatic carbocycles. The van der Waals surface area contributed by atoms with E-state index in [-0.39, 0.29) is 11.3 Å². The number of halogens is 2. The molecule has 2 aliphatic rings. The number of allylic oxidation sites excluding steroid dienone is 2. The molecule has 6 heteroatoms. The van der Waals surface area contributed by atoms with Crippen molar-refractivity contribution in [3.8, 4) is 0 Å². The van der Waals surface area contributed by atoms with Crippen molar-refractivity contribution < 1.29 is 0 Å². The van der Waals surface area contributed by atoms with Crippen LogP contribution < -0.4 is 5.73 Å². The summed E-state index contributed by atoms with van der Waals surface area (Å²) in [5.74, 6) is 0. The largest absolute Gasteiger partial charge is 0.328 e. The van der Waals surface area contributed by atoms with Crippen LogP contribution in [0.1, 0.15) is 18.2 Å². The lowest BCUT2D eigenvalue weighted by atomic mass is 10.1. The summed E-state index contributed by atoms with van der Waals surface area (Å²) in [4.78, 5) is 4.55. The van der Waals surface area contributed by atoms with Gasteiger partial charge in [0.25, 0.3) is 0 Å². The van der Waals surface area contributed by atoms with Crippen LogP contribution in [-0.2, 0) is 6.54 Å². The summed E-state index contributed by atoms with van der Waals surface area (Å²) < 4.78 is 0. The van der Waals surface area contributed by atoms with Crippen molar-refractivity contribution in [2.24, 2.45) is 5.73 Å². The minimum absolute atomic E-state index is 0.131. The number of hydrogen-bond donors (Lipinski definition) is 1. The fourth-order valence-corrected chi connectivity index (χ4v) is 5.24. The number of thiophene rings is 1. The van der Waals surface area contributed by atoms with Crippen LogP contribution >= 0.6 is 46.3 Å². The SMILES string of the molecule is C[C@H](N)CC1SC2=CC=C(Cl)N(Cc3cccs3)C2=C1Cl. The summed E-state index contributed by atoms with van der Waals surface area (Å²) in [5, 5.41) is 3.88. The predicted molar refractivity (Wildman–Crippen MR) is 94.4 cm³/mol. The monoisotopic (exact) mass is 358 g/mol. The predicted octanol–water partition coefficient (Wildman–Crippen LogP) is 4.83. The first-order valence-electron chi connectivity index (χ1n) is 6.76. The van der Waals surface area contributed by atoms with E-state index in [9.17, 15) is 0 Å². The Morgan fingerprint density at radius 3 is 2.86 bits per heavy atom. The van der Waals surface area contributed by atoms with Gasteiger partial charge in [-0.25, -0.2) is 0 Å². The Morgan fingerprint density at radius 2 is 2.19 bits per heavy atom. The molecule has 112 valence electrons. The van der Waals surface area contributed by atoms with Gasteiger partial charge in [-0.3, -0.25) is 0 Å². The lowest BCUT2D eigenvalue weighted by molar-refractivity contribution is 0.456. The molecule has 0 bridgehead atoms. The average molecular weight is 359 g/mol. The van der Waals surface area contributed by atoms with Gasteiger partial charge in [0.05, 0.1) is 17.3 Å². The molecule has 21 heavy (non-hydrogen) atoms. The van der Waals surface area contributed by atoms with Gasteiger partial charge in [-0.1, -0.05) is 29.3 Å². The first-order valence-corrected chi connectivity index (χ1v) is 9.27. The lowest BCUT2D eigenvalue weighted by Crippen LogP contribution is -2.22. The third-order valence-electron chi connectivity index (χ3n) is 3.39. The Morgan fingerprint density at radius 1 is 1.38 bits per heavy atom. The molecule has 0 amide bonds. The molecule has 2 aliphatic heterocycles. The highest BCUT2D eigenvalue weighted by Crippen LogP contribution is 2.50. The Kier molecular flexibility index (Phi) is 4.71. The van der Waals surface area contributed by atoms with Gasteiger partial charge in [0.2, 0.25) is 0 Å². The number of hydrogen-bond acceptors (Lipinski definition) is 4. The highest BCUT2D eigenvalue weighted by molar-refractivity contribution is 8.04. The zero-order chi connectivity index (χ0) is 15.0. The highest BCUT2D eigenvalue weighted by atomic mass is 35.5. The van der Waals surface area contributed by atoms with Gasteiger partial charge >= 0.3 is 0 Å². The van der Waals surface area contributed by atoms with Crippen molar-refractivity contribution in [3.05, 3.63) is 55.3 Å². The quantitative estimate of drug-likeness (QED) is 0.781. The van der Waals surface area contributed by atoms with Crippen molar-refractivity contribution in [1.29, 1.82) is 0 Å². The molecule has 2 nitrogen and oxygen atoms in total. The third kappa shape index (κ3) is 3.20. The van der Waals surface area contributed by atoms with Crippen molar-refractivity contribution in [1.82, 2.24) is 4.90 Å². The van der Waals surface area contributed by atoms with Crippen molar-refractivity contribution in [2.75, 3.05) is 0 Å². The molecule has 0 saturated heterocycles. The zero-order valence-electron chi connectivity index (χ0n) is 11.6. The summed E-state index contributed by atoms with van der Waals surface area (Å²) in [7, 11) is 0. The van der Waals surface area contributed by atoms with E-state index in [1.807, 2.05) is 13.0 Å². The van der Waals surface area contributed by atoms with Gasteiger partial charge in [0.1, 0.15) is 5.16 Å². The second kappa shape index (κ2) is 6.39. The van der Waals surface area contributed by atoms with Gasteiger partial charge < -0.3 is 10.6 Å². The summed E-state index contributed by atoms with van der Waals surface area (Å²) in [6, 6.07) is 4.30. The van der Waals surface area contributed by atoms with E-state index in [2.05, 4.69) is 28.5 Å².